The molecule has 1 heterocycles. The van der Waals surface area contributed by atoms with Crippen molar-refractivity contribution in [2.45, 2.75) is 20.0 Å². The van der Waals surface area contributed by atoms with Gasteiger partial charge in [-0.25, -0.2) is 9.78 Å². The van der Waals surface area contributed by atoms with Crippen LogP contribution in [0.5, 0.6) is 5.75 Å². The lowest BCUT2D eigenvalue weighted by molar-refractivity contribution is -0.384. The van der Waals surface area contributed by atoms with E-state index in [2.05, 4.69) is 15.3 Å². The standard InChI is InChI=1S/C16H16N4O6/c1-9-7-18-13(8-17-9)16(22)26-10(2)15(21)19-12-5-4-11(20(23)24)6-14(12)25-3/h4-8,10H,1-3H3,(H,19,21)/t10-/m1/s1. The van der Waals surface area contributed by atoms with Crippen molar-refractivity contribution >= 4 is 23.3 Å². The van der Waals surface area contributed by atoms with E-state index in [0.29, 0.717) is 5.69 Å². The predicted octanol–water partition coefficient (Wildman–Crippen LogP) is 1.89. The number of esters is 1. The van der Waals surface area contributed by atoms with Crippen LogP contribution in [0.4, 0.5) is 11.4 Å². The number of hydrogen-bond acceptors (Lipinski definition) is 8. The number of hydrogen-bond donors (Lipinski definition) is 1. The van der Waals surface area contributed by atoms with Crippen molar-refractivity contribution in [2.75, 3.05) is 12.4 Å². The lowest BCUT2D eigenvalue weighted by Gasteiger charge is -2.14. The molecule has 0 spiro atoms. The molecule has 1 aromatic carbocycles. The van der Waals surface area contributed by atoms with Crippen LogP contribution in [0.3, 0.4) is 0 Å². The third-order valence-electron chi connectivity index (χ3n) is 3.30. The molecule has 1 amide bonds. The van der Waals surface area contributed by atoms with Crippen molar-refractivity contribution in [3.8, 4) is 5.75 Å². The first-order valence-electron chi connectivity index (χ1n) is 7.44. The fourth-order valence-corrected chi connectivity index (χ4v) is 1.90. The van der Waals surface area contributed by atoms with Crippen molar-refractivity contribution < 1.29 is 24.0 Å². The van der Waals surface area contributed by atoms with E-state index in [9.17, 15) is 19.7 Å². The number of nitrogens with one attached hydrogen (secondary N) is 1. The number of anilines is 1. The van der Waals surface area contributed by atoms with Crippen LogP contribution in [0.15, 0.2) is 30.6 Å². The molecule has 0 saturated carbocycles. The zero-order chi connectivity index (χ0) is 19.3. The molecule has 10 nitrogen and oxygen atoms in total. The number of aryl methyl sites for hydroxylation is 1. The first kappa shape index (κ1) is 18.8. The fourth-order valence-electron chi connectivity index (χ4n) is 1.90. The van der Waals surface area contributed by atoms with Crippen LogP contribution in [-0.4, -0.2) is 40.0 Å². The quantitative estimate of drug-likeness (QED) is 0.469. The molecule has 0 bridgehead atoms. The summed E-state index contributed by atoms with van der Waals surface area (Å²) in [7, 11) is 1.31. The summed E-state index contributed by atoms with van der Waals surface area (Å²) in [4.78, 5) is 42.2. The Kier molecular flexibility index (Phi) is 5.78. The van der Waals surface area contributed by atoms with Crippen molar-refractivity contribution in [1.82, 2.24) is 9.97 Å². The second-order valence-electron chi connectivity index (χ2n) is 5.22. The molecule has 2 rings (SSSR count). The number of nitro groups is 1. The van der Waals surface area contributed by atoms with Crippen LogP contribution in [0, 0.1) is 17.0 Å². The van der Waals surface area contributed by atoms with Crippen LogP contribution in [-0.2, 0) is 9.53 Å². The molecular formula is C16H16N4O6. The summed E-state index contributed by atoms with van der Waals surface area (Å²) < 4.78 is 10.1. The Balaban J connectivity index is 2.05. The van der Waals surface area contributed by atoms with Gasteiger partial charge in [-0.05, 0) is 19.9 Å². The number of benzene rings is 1. The minimum atomic E-state index is -1.13. The largest absolute Gasteiger partial charge is 0.494 e. The molecule has 2 aromatic rings. The third-order valence-corrected chi connectivity index (χ3v) is 3.30. The van der Waals surface area contributed by atoms with E-state index in [4.69, 9.17) is 9.47 Å². The van der Waals surface area contributed by atoms with Crippen molar-refractivity contribution in [3.63, 3.8) is 0 Å². The van der Waals surface area contributed by atoms with Gasteiger partial charge in [0.2, 0.25) is 0 Å². The van der Waals surface area contributed by atoms with Gasteiger partial charge in [-0.1, -0.05) is 0 Å². The molecule has 0 fully saturated rings. The summed E-state index contributed by atoms with van der Waals surface area (Å²) in [6.45, 7) is 3.10. The Morgan fingerprint density at radius 2 is 2.00 bits per heavy atom. The number of carbonyl (C=O) groups excluding carboxylic acids is 2. The van der Waals surface area contributed by atoms with Crippen LogP contribution < -0.4 is 10.1 Å². The topological polar surface area (TPSA) is 134 Å². The average Bonchev–Trinajstić information content (AvgIpc) is 2.62. The highest BCUT2D eigenvalue weighted by Crippen LogP contribution is 2.29. The van der Waals surface area contributed by atoms with Gasteiger partial charge in [0.1, 0.15) is 5.75 Å². The van der Waals surface area contributed by atoms with E-state index < -0.39 is 22.9 Å². The summed E-state index contributed by atoms with van der Waals surface area (Å²) in [6, 6.07) is 3.72. The third kappa shape index (κ3) is 4.50. The number of amides is 1. The molecule has 0 aliphatic rings. The molecular weight excluding hydrogens is 344 g/mol. The van der Waals surface area contributed by atoms with E-state index in [0.717, 1.165) is 0 Å². The van der Waals surface area contributed by atoms with Crippen molar-refractivity contribution in [3.05, 3.63) is 52.1 Å². The maximum atomic E-state index is 12.2. The highest BCUT2D eigenvalue weighted by Gasteiger charge is 2.22. The average molecular weight is 360 g/mol. The van der Waals surface area contributed by atoms with Gasteiger partial charge in [-0.15, -0.1) is 0 Å². The highest BCUT2D eigenvalue weighted by atomic mass is 16.6. The minimum absolute atomic E-state index is 0.0248. The molecule has 1 N–H and O–H groups in total. The summed E-state index contributed by atoms with van der Waals surface area (Å²) in [5, 5.41) is 13.3. The Bertz CT molecular complexity index is 837. The van der Waals surface area contributed by atoms with E-state index in [1.165, 1.54) is 44.6 Å². The Labute approximate surface area is 148 Å². The van der Waals surface area contributed by atoms with Gasteiger partial charge >= 0.3 is 5.97 Å². The predicted molar refractivity (Wildman–Crippen MR) is 89.9 cm³/mol. The Morgan fingerprint density at radius 3 is 2.58 bits per heavy atom. The van der Waals surface area contributed by atoms with Gasteiger partial charge in [-0.2, -0.15) is 0 Å². The molecule has 0 saturated heterocycles. The van der Waals surface area contributed by atoms with Crippen LogP contribution in [0.25, 0.3) is 0 Å². The number of nitrogens with zero attached hydrogens (tertiary/aromatic N) is 3. The number of methoxy groups -OCH3 is 1. The van der Waals surface area contributed by atoms with E-state index in [-0.39, 0.29) is 22.8 Å². The fraction of sp³-hybridized carbons (Fsp3) is 0.250. The number of aromatic nitrogens is 2. The summed E-state index contributed by atoms with van der Waals surface area (Å²) >= 11 is 0. The molecule has 10 heteroatoms. The van der Waals surface area contributed by atoms with E-state index >= 15 is 0 Å². The zero-order valence-corrected chi connectivity index (χ0v) is 14.3. The van der Waals surface area contributed by atoms with Crippen LogP contribution in [0.1, 0.15) is 23.1 Å². The molecule has 0 radical (unpaired) electrons. The van der Waals surface area contributed by atoms with E-state index in [1.807, 2.05) is 0 Å². The summed E-state index contributed by atoms with van der Waals surface area (Å²) in [6.07, 6.45) is 1.52. The Morgan fingerprint density at radius 1 is 1.27 bits per heavy atom. The van der Waals surface area contributed by atoms with E-state index in [1.54, 1.807) is 6.92 Å². The van der Waals surface area contributed by atoms with Crippen molar-refractivity contribution in [2.24, 2.45) is 0 Å². The van der Waals surface area contributed by atoms with Gasteiger partial charge in [0.25, 0.3) is 11.6 Å². The van der Waals surface area contributed by atoms with Gasteiger partial charge in [0.15, 0.2) is 11.8 Å². The Hall–Kier alpha value is -3.56. The lowest BCUT2D eigenvalue weighted by Crippen LogP contribution is -2.30. The maximum absolute atomic E-state index is 12.2. The molecule has 0 unspecified atom stereocenters. The van der Waals surface area contributed by atoms with Gasteiger partial charge < -0.3 is 14.8 Å². The van der Waals surface area contributed by atoms with Gasteiger partial charge in [0, 0.05) is 12.3 Å². The second-order valence-corrected chi connectivity index (χ2v) is 5.22. The summed E-state index contributed by atoms with van der Waals surface area (Å²) in [5.74, 6) is -1.32. The van der Waals surface area contributed by atoms with Crippen LogP contribution in [0.2, 0.25) is 0 Å². The zero-order valence-electron chi connectivity index (χ0n) is 14.3. The number of non-ortho nitro benzene ring substituents is 1. The first-order valence-corrected chi connectivity index (χ1v) is 7.44. The van der Waals surface area contributed by atoms with Crippen LogP contribution >= 0.6 is 0 Å². The van der Waals surface area contributed by atoms with Gasteiger partial charge in [-0.3, -0.25) is 19.9 Å². The molecule has 0 aliphatic heterocycles. The monoisotopic (exact) mass is 360 g/mol. The van der Waals surface area contributed by atoms with Gasteiger partial charge in [0.05, 0.1) is 35.7 Å². The first-order chi connectivity index (χ1) is 12.3. The smallest absolute Gasteiger partial charge is 0.359 e. The molecule has 0 aliphatic carbocycles. The van der Waals surface area contributed by atoms with Crippen molar-refractivity contribution in [1.29, 1.82) is 0 Å². The number of rotatable bonds is 6. The SMILES string of the molecule is COc1cc([N+](=O)[O-])ccc1NC(=O)[C@@H](C)OC(=O)c1cnc(C)cn1. The molecule has 136 valence electrons. The molecule has 1 atom stereocenters. The highest BCUT2D eigenvalue weighted by molar-refractivity contribution is 5.97. The number of nitro benzene ring substituents is 1. The number of carbonyl (C=O) groups is 2. The molecule has 26 heavy (non-hydrogen) atoms. The second kappa shape index (κ2) is 8.01. The maximum Gasteiger partial charge on any atom is 0.359 e. The lowest BCUT2D eigenvalue weighted by atomic mass is 10.2. The summed E-state index contributed by atoms with van der Waals surface area (Å²) in [5.41, 5.74) is 0.638. The number of ether oxygens (including phenoxy) is 2. The normalized spacial score (nSPS) is 11.3. The minimum Gasteiger partial charge on any atom is -0.494 e. The molecule has 1 aromatic heterocycles.